The summed E-state index contributed by atoms with van der Waals surface area (Å²) in [6.07, 6.45) is -0.799. The third-order valence-corrected chi connectivity index (χ3v) is 4.26. The lowest BCUT2D eigenvalue weighted by molar-refractivity contribution is -0.147. The minimum atomic E-state index is -0.799. The van der Waals surface area contributed by atoms with Gasteiger partial charge in [-0.3, -0.25) is 9.69 Å². The molecule has 0 spiro atoms. The number of rotatable bonds is 8. The molecule has 1 amide bonds. The van der Waals surface area contributed by atoms with E-state index in [4.69, 9.17) is 18.9 Å². The highest BCUT2D eigenvalue weighted by molar-refractivity contribution is 5.89. The van der Waals surface area contributed by atoms with Gasteiger partial charge in [0.15, 0.2) is 0 Å². The van der Waals surface area contributed by atoms with Crippen LogP contribution in [0.5, 0.6) is 5.75 Å². The zero-order chi connectivity index (χ0) is 22.9. The number of benzene rings is 2. The second kappa shape index (κ2) is 11.0. The predicted molar refractivity (Wildman–Crippen MR) is 112 cm³/mol. The molecular weight excluding hydrogens is 402 g/mol. The molecule has 0 aliphatic rings. The summed E-state index contributed by atoms with van der Waals surface area (Å²) in [6, 6.07) is 15.5. The minimum absolute atomic E-state index is 0.103. The van der Waals surface area contributed by atoms with Gasteiger partial charge >= 0.3 is 18.0 Å². The first-order valence-corrected chi connectivity index (χ1v) is 9.66. The van der Waals surface area contributed by atoms with E-state index in [1.807, 2.05) is 30.3 Å². The lowest BCUT2D eigenvalue weighted by atomic mass is 10.1. The molecule has 8 nitrogen and oxygen atoms in total. The van der Waals surface area contributed by atoms with E-state index in [0.717, 1.165) is 5.56 Å². The van der Waals surface area contributed by atoms with Crippen molar-refractivity contribution in [2.24, 2.45) is 0 Å². The van der Waals surface area contributed by atoms with Gasteiger partial charge in [-0.1, -0.05) is 30.3 Å². The van der Waals surface area contributed by atoms with E-state index in [1.165, 1.54) is 24.1 Å². The van der Waals surface area contributed by atoms with E-state index in [-0.39, 0.29) is 18.7 Å². The highest BCUT2D eigenvalue weighted by Gasteiger charge is 2.30. The van der Waals surface area contributed by atoms with Gasteiger partial charge in [0.05, 0.1) is 12.7 Å². The maximum atomic E-state index is 12.5. The number of esters is 2. The molecule has 0 unspecified atom stereocenters. The molecular formula is C23H27NO7. The largest absolute Gasteiger partial charge is 0.497 e. The van der Waals surface area contributed by atoms with Crippen LogP contribution in [0.1, 0.15) is 36.7 Å². The first-order valence-electron chi connectivity index (χ1n) is 9.66. The van der Waals surface area contributed by atoms with Crippen molar-refractivity contribution < 1.29 is 33.3 Å². The summed E-state index contributed by atoms with van der Waals surface area (Å²) in [5.41, 5.74) is 0.406. The van der Waals surface area contributed by atoms with Gasteiger partial charge in [0, 0.05) is 5.54 Å². The quantitative estimate of drug-likeness (QED) is 0.466. The number of hydrogen-bond donors (Lipinski definition) is 0. The summed E-state index contributed by atoms with van der Waals surface area (Å²) in [7, 11) is 1.52. The Morgan fingerprint density at radius 3 is 2.10 bits per heavy atom. The van der Waals surface area contributed by atoms with Crippen molar-refractivity contribution in [1.29, 1.82) is 0 Å². The standard InChI is InChI=1S/C23H27NO7/c1-23(2,3)24(14-20(25)29-15-17-8-6-5-7-9-17)22(27)31-16-30-21(26)18-10-12-19(28-4)13-11-18/h5-13H,14-16H2,1-4H3. The van der Waals surface area contributed by atoms with Crippen LogP contribution in [0.4, 0.5) is 4.79 Å². The van der Waals surface area contributed by atoms with Gasteiger partial charge in [0.2, 0.25) is 6.79 Å². The minimum Gasteiger partial charge on any atom is -0.497 e. The van der Waals surface area contributed by atoms with Crippen LogP contribution in [0.3, 0.4) is 0 Å². The number of methoxy groups -OCH3 is 1. The van der Waals surface area contributed by atoms with Gasteiger partial charge in [0.1, 0.15) is 18.9 Å². The van der Waals surface area contributed by atoms with Crippen molar-refractivity contribution in [2.75, 3.05) is 20.4 Å². The molecule has 0 atom stereocenters. The Morgan fingerprint density at radius 2 is 1.52 bits per heavy atom. The number of amides is 1. The fraction of sp³-hybridized carbons (Fsp3) is 0.348. The van der Waals surface area contributed by atoms with Gasteiger partial charge in [-0.05, 0) is 50.6 Å². The third kappa shape index (κ3) is 7.65. The Labute approximate surface area is 181 Å². The Bertz CT molecular complexity index is 873. The topological polar surface area (TPSA) is 91.4 Å². The summed E-state index contributed by atoms with van der Waals surface area (Å²) < 4.78 is 20.3. The molecule has 0 saturated carbocycles. The molecule has 0 aliphatic carbocycles. The van der Waals surface area contributed by atoms with E-state index in [1.54, 1.807) is 32.9 Å². The molecule has 0 heterocycles. The fourth-order valence-corrected chi connectivity index (χ4v) is 2.51. The van der Waals surface area contributed by atoms with E-state index < -0.39 is 30.4 Å². The molecule has 0 radical (unpaired) electrons. The normalized spacial score (nSPS) is 10.7. The molecule has 2 aromatic rings. The monoisotopic (exact) mass is 429 g/mol. The van der Waals surface area contributed by atoms with E-state index in [9.17, 15) is 14.4 Å². The van der Waals surface area contributed by atoms with E-state index in [0.29, 0.717) is 5.75 Å². The van der Waals surface area contributed by atoms with Crippen LogP contribution < -0.4 is 4.74 Å². The maximum Gasteiger partial charge on any atom is 0.413 e. The van der Waals surface area contributed by atoms with Crippen LogP contribution in [0.15, 0.2) is 54.6 Å². The molecule has 0 bridgehead atoms. The Kier molecular flexibility index (Phi) is 8.43. The van der Waals surface area contributed by atoms with Crippen LogP contribution in [-0.4, -0.2) is 48.9 Å². The highest BCUT2D eigenvalue weighted by atomic mass is 16.7. The zero-order valence-electron chi connectivity index (χ0n) is 18.1. The molecule has 0 N–H and O–H groups in total. The van der Waals surface area contributed by atoms with Crippen molar-refractivity contribution in [3.05, 3.63) is 65.7 Å². The number of ether oxygens (including phenoxy) is 4. The first kappa shape index (κ1) is 23.7. The Balaban J connectivity index is 1.86. The number of nitrogens with zero attached hydrogens (tertiary/aromatic N) is 1. The predicted octanol–water partition coefficient (Wildman–Crippen LogP) is 3.79. The second-order valence-corrected chi connectivity index (χ2v) is 7.59. The van der Waals surface area contributed by atoms with Crippen molar-refractivity contribution >= 4 is 18.0 Å². The van der Waals surface area contributed by atoms with Crippen molar-refractivity contribution in [1.82, 2.24) is 4.90 Å². The number of carbonyl (C=O) groups excluding carboxylic acids is 3. The van der Waals surface area contributed by atoms with Gasteiger partial charge in [0.25, 0.3) is 0 Å². The van der Waals surface area contributed by atoms with Gasteiger partial charge < -0.3 is 18.9 Å². The Morgan fingerprint density at radius 1 is 0.871 bits per heavy atom. The molecule has 166 valence electrons. The molecule has 2 aromatic carbocycles. The van der Waals surface area contributed by atoms with Crippen LogP contribution in [0.2, 0.25) is 0 Å². The molecule has 8 heteroatoms. The summed E-state index contributed by atoms with van der Waals surface area (Å²) in [5.74, 6) is -0.631. The number of hydrogen-bond acceptors (Lipinski definition) is 7. The fourth-order valence-electron chi connectivity index (χ4n) is 2.51. The lowest BCUT2D eigenvalue weighted by Gasteiger charge is -2.33. The second-order valence-electron chi connectivity index (χ2n) is 7.59. The zero-order valence-corrected chi connectivity index (χ0v) is 18.1. The van der Waals surface area contributed by atoms with Gasteiger partial charge in [-0.2, -0.15) is 0 Å². The average Bonchev–Trinajstić information content (AvgIpc) is 2.75. The number of carbonyl (C=O) groups is 3. The van der Waals surface area contributed by atoms with Crippen molar-refractivity contribution in [3.8, 4) is 5.75 Å². The van der Waals surface area contributed by atoms with Gasteiger partial charge in [-0.25, -0.2) is 9.59 Å². The molecule has 2 rings (SSSR count). The SMILES string of the molecule is COc1ccc(C(=O)OCOC(=O)N(CC(=O)OCc2ccccc2)C(C)(C)C)cc1. The smallest absolute Gasteiger partial charge is 0.413 e. The van der Waals surface area contributed by atoms with Gasteiger partial charge in [-0.15, -0.1) is 0 Å². The van der Waals surface area contributed by atoms with Crippen LogP contribution in [0, 0.1) is 0 Å². The first-order chi connectivity index (χ1) is 14.7. The molecule has 0 aromatic heterocycles. The Hall–Kier alpha value is -3.55. The van der Waals surface area contributed by atoms with Crippen LogP contribution >= 0.6 is 0 Å². The highest BCUT2D eigenvalue weighted by Crippen LogP contribution is 2.16. The average molecular weight is 429 g/mol. The lowest BCUT2D eigenvalue weighted by Crippen LogP contribution is -2.49. The van der Waals surface area contributed by atoms with Crippen LogP contribution in [-0.2, 0) is 25.6 Å². The molecule has 0 fully saturated rings. The molecule has 31 heavy (non-hydrogen) atoms. The summed E-state index contributed by atoms with van der Waals surface area (Å²) in [4.78, 5) is 38.0. The maximum absolute atomic E-state index is 12.5. The van der Waals surface area contributed by atoms with Crippen LogP contribution in [0.25, 0.3) is 0 Å². The third-order valence-electron chi connectivity index (χ3n) is 4.26. The molecule has 0 aliphatic heterocycles. The summed E-state index contributed by atoms with van der Waals surface area (Å²) in [6.45, 7) is 4.47. The van der Waals surface area contributed by atoms with Crippen molar-refractivity contribution in [2.45, 2.75) is 32.9 Å². The van der Waals surface area contributed by atoms with E-state index >= 15 is 0 Å². The van der Waals surface area contributed by atoms with E-state index in [2.05, 4.69) is 0 Å². The molecule has 0 saturated heterocycles. The van der Waals surface area contributed by atoms with Crippen molar-refractivity contribution in [3.63, 3.8) is 0 Å². The summed E-state index contributed by atoms with van der Waals surface area (Å²) in [5, 5.41) is 0. The summed E-state index contributed by atoms with van der Waals surface area (Å²) >= 11 is 0.